The van der Waals surface area contributed by atoms with E-state index in [1.54, 1.807) is 0 Å². The Morgan fingerprint density at radius 1 is 1.38 bits per heavy atom. The number of hydrogen-bond donors (Lipinski definition) is 1. The minimum absolute atomic E-state index is 0.440. The van der Waals surface area contributed by atoms with Gasteiger partial charge in [-0.15, -0.1) is 0 Å². The molecule has 0 aromatic heterocycles. The molecular formula is C13H19N3. The van der Waals surface area contributed by atoms with Gasteiger partial charge in [0, 0.05) is 25.7 Å². The third kappa shape index (κ3) is 3.34. The van der Waals surface area contributed by atoms with Crippen LogP contribution in [0.3, 0.4) is 0 Å². The van der Waals surface area contributed by atoms with Crippen LogP contribution < -0.4 is 5.73 Å². The fourth-order valence-corrected chi connectivity index (χ4v) is 1.67. The maximum Gasteiger partial charge on any atom is 0.0995 e. The molecule has 0 heterocycles. The van der Waals surface area contributed by atoms with Crippen LogP contribution in [0, 0.1) is 11.3 Å². The molecule has 0 aliphatic heterocycles. The van der Waals surface area contributed by atoms with Crippen molar-refractivity contribution >= 4 is 0 Å². The highest BCUT2D eigenvalue weighted by Crippen LogP contribution is 2.12. The minimum Gasteiger partial charge on any atom is -0.329 e. The summed E-state index contributed by atoms with van der Waals surface area (Å²) in [7, 11) is 0. The van der Waals surface area contributed by atoms with Crippen molar-refractivity contribution in [3.63, 3.8) is 0 Å². The molecule has 0 spiro atoms. The Kier molecular flexibility index (Phi) is 4.97. The van der Waals surface area contributed by atoms with Crippen molar-refractivity contribution in [3.05, 3.63) is 35.4 Å². The molecule has 1 rings (SSSR count). The molecule has 1 aromatic carbocycles. The summed E-state index contributed by atoms with van der Waals surface area (Å²) < 4.78 is 0. The van der Waals surface area contributed by atoms with E-state index in [-0.39, 0.29) is 0 Å². The van der Waals surface area contributed by atoms with Gasteiger partial charge in [0.15, 0.2) is 0 Å². The summed E-state index contributed by atoms with van der Waals surface area (Å²) in [6, 6.07) is 10.4. The summed E-state index contributed by atoms with van der Waals surface area (Å²) in [5.74, 6) is 0. The van der Waals surface area contributed by atoms with E-state index in [1.165, 1.54) is 0 Å². The third-order valence-corrected chi connectivity index (χ3v) is 2.66. The minimum atomic E-state index is 0.440. The Morgan fingerprint density at radius 2 is 2.06 bits per heavy atom. The fraction of sp³-hybridized carbons (Fsp3) is 0.462. The topological polar surface area (TPSA) is 53.0 Å². The van der Waals surface area contributed by atoms with Gasteiger partial charge in [-0.05, 0) is 25.5 Å². The molecule has 0 aliphatic rings. The summed E-state index contributed by atoms with van der Waals surface area (Å²) >= 11 is 0. The molecule has 3 heteroatoms. The van der Waals surface area contributed by atoms with Crippen LogP contribution in [0.1, 0.15) is 25.0 Å². The Morgan fingerprint density at radius 3 is 2.62 bits per heavy atom. The molecule has 16 heavy (non-hydrogen) atoms. The predicted molar refractivity (Wildman–Crippen MR) is 65.8 cm³/mol. The lowest BCUT2D eigenvalue weighted by atomic mass is 10.1. The lowest BCUT2D eigenvalue weighted by Gasteiger charge is -2.26. The van der Waals surface area contributed by atoms with E-state index in [2.05, 4.69) is 24.8 Å². The Balaban J connectivity index is 2.81. The first kappa shape index (κ1) is 12.7. The predicted octanol–water partition coefficient (Wildman–Crippen LogP) is 1.73. The Labute approximate surface area is 97.5 Å². The second kappa shape index (κ2) is 6.26. The van der Waals surface area contributed by atoms with E-state index in [9.17, 15) is 0 Å². The molecule has 0 saturated carbocycles. The lowest BCUT2D eigenvalue weighted by Crippen LogP contribution is -2.34. The molecule has 0 saturated heterocycles. The van der Waals surface area contributed by atoms with Gasteiger partial charge in [0.25, 0.3) is 0 Å². The molecule has 2 N–H and O–H groups in total. The zero-order chi connectivity index (χ0) is 12.0. The second-order valence-electron chi connectivity index (χ2n) is 4.12. The van der Waals surface area contributed by atoms with Crippen LogP contribution in [-0.4, -0.2) is 24.0 Å². The van der Waals surface area contributed by atoms with Gasteiger partial charge < -0.3 is 5.73 Å². The zero-order valence-electron chi connectivity index (χ0n) is 9.98. The number of rotatable bonds is 5. The maximum atomic E-state index is 9.01. The molecule has 1 aromatic rings. The van der Waals surface area contributed by atoms with Gasteiger partial charge in [0.1, 0.15) is 0 Å². The number of nitriles is 1. The number of nitrogens with two attached hydrogens (primary N) is 1. The van der Waals surface area contributed by atoms with Crippen molar-refractivity contribution in [2.75, 3.05) is 13.1 Å². The highest BCUT2D eigenvalue weighted by atomic mass is 15.1. The van der Waals surface area contributed by atoms with Gasteiger partial charge in [0.2, 0.25) is 0 Å². The first-order valence-electron chi connectivity index (χ1n) is 5.61. The molecule has 0 aliphatic carbocycles. The quantitative estimate of drug-likeness (QED) is 0.817. The van der Waals surface area contributed by atoms with E-state index in [0.717, 1.165) is 24.2 Å². The third-order valence-electron chi connectivity index (χ3n) is 2.66. The molecule has 0 amide bonds. The molecule has 0 fully saturated rings. The molecule has 0 unspecified atom stereocenters. The molecule has 0 radical (unpaired) electrons. The molecular weight excluding hydrogens is 198 g/mol. The van der Waals surface area contributed by atoms with Crippen molar-refractivity contribution in [1.29, 1.82) is 5.26 Å². The van der Waals surface area contributed by atoms with Crippen LogP contribution in [0.15, 0.2) is 24.3 Å². The fourth-order valence-electron chi connectivity index (χ4n) is 1.67. The maximum absolute atomic E-state index is 9.01. The monoisotopic (exact) mass is 217 g/mol. The van der Waals surface area contributed by atoms with Crippen LogP contribution in [-0.2, 0) is 6.54 Å². The Hall–Kier alpha value is -1.37. The summed E-state index contributed by atoms with van der Waals surface area (Å²) in [5.41, 5.74) is 7.42. The van der Waals surface area contributed by atoms with Crippen LogP contribution in [0.2, 0.25) is 0 Å². The number of nitrogens with zero attached hydrogens (tertiary/aromatic N) is 2. The van der Waals surface area contributed by atoms with Crippen molar-refractivity contribution in [3.8, 4) is 6.07 Å². The van der Waals surface area contributed by atoms with Crippen LogP contribution in [0.4, 0.5) is 0 Å². The second-order valence-corrected chi connectivity index (χ2v) is 4.12. The number of benzene rings is 1. The van der Waals surface area contributed by atoms with E-state index < -0.39 is 0 Å². The first-order valence-corrected chi connectivity index (χ1v) is 5.61. The first-order chi connectivity index (χ1) is 7.69. The van der Waals surface area contributed by atoms with Crippen LogP contribution in [0.25, 0.3) is 0 Å². The van der Waals surface area contributed by atoms with Gasteiger partial charge in [-0.25, -0.2) is 0 Å². The summed E-state index contributed by atoms with van der Waals surface area (Å²) in [4.78, 5) is 2.27. The molecule has 3 nitrogen and oxygen atoms in total. The number of hydrogen-bond acceptors (Lipinski definition) is 3. The van der Waals surface area contributed by atoms with E-state index in [1.807, 2.05) is 24.3 Å². The van der Waals surface area contributed by atoms with Crippen molar-refractivity contribution in [1.82, 2.24) is 4.90 Å². The Bertz CT molecular complexity index is 366. The van der Waals surface area contributed by atoms with Crippen molar-refractivity contribution in [2.24, 2.45) is 5.73 Å². The largest absolute Gasteiger partial charge is 0.329 e. The van der Waals surface area contributed by atoms with Gasteiger partial charge in [-0.2, -0.15) is 5.26 Å². The van der Waals surface area contributed by atoms with Crippen LogP contribution in [0.5, 0.6) is 0 Å². The molecule has 86 valence electrons. The summed E-state index contributed by atoms with van der Waals surface area (Å²) in [5, 5.41) is 9.01. The van der Waals surface area contributed by atoms with E-state index >= 15 is 0 Å². The summed E-state index contributed by atoms with van der Waals surface area (Å²) in [6.45, 7) is 6.58. The molecule has 0 atom stereocenters. The van der Waals surface area contributed by atoms with Crippen molar-refractivity contribution in [2.45, 2.75) is 26.4 Å². The lowest BCUT2D eigenvalue weighted by molar-refractivity contribution is 0.219. The highest BCUT2D eigenvalue weighted by molar-refractivity contribution is 5.37. The zero-order valence-corrected chi connectivity index (χ0v) is 9.98. The van der Waals surface area contributed by atoms with Gasteiger partial charge in [-0.1, -0.05) is 18.2 Å². The SMILES string of the molecule is CC(C)N(CCN)Cc1ccccc1C#N. The standard InChI is InChI=1S/C13H19N3/c1-11(2)16(8-7-14)10-13-6-4-3-5-12(13)9-15/h3-6,11H,7-8,10,14H2,1-2H3. The summed E-state index contributed by atoms with van der Waals surface area (Å²) in [6.07, 6.45) is 0. The molecule has 0 bridgehead atoms. The normalized spacial score (nSPS) is 10.8. The van der Waals surface area contributed by atoms with Crippen LogP contribution >= 0.6 is 0 Å². The van der Waals surface area contributed by atoms with Crippen molar-refractivity contribution < 1.29 is 0 Å². The average Bonchev–Trinajstić information content (AvgIpc) is 2.29. The smallest absolute Gasteiger partial charge is 0.0995 e. The van der Waals surface area contributed by atoms with Gasteiger partial charge in [0.05, 0.1) is 11.6 Å². The van der Waals surface area contributed by atoms with E-state index in [4.69, 9.17) is 11.0 Å². The van der Waals surface area contributed by atoms with Gasteiger partial charge >= 0.3 is 0 Å². The highest BCUT2D eigenvalue weighted by Gasteiger charge is 2.11. The van der Waals surface area contributed by atoms with E-state index in [0.29, 0.717) is 12.6 Å². The average molecular weight is 217 g/mol. The van der Waals surface area contributed by atoms with Gasteiger partial charge in [-0.3, -0.25) is 4.90 Å².